The molecule has 0 aliphatic rings. The average Bonchev–Trinajstić information content (AvgIpc) is 2.80. The van der Waals surface area contributed by atoms with E-state index in [0.717, 1.165) is 0 Å². The summed E-state index contributed by atoms with van der Waals surface area (Å²) in [4.78, 5) is 30.8. The van der Waals surface area contributed by atoms with Gasteiger partial charge in [-0.2, -0.15) is 0 Å². The molecule has 0 bridgehead atoms. The Morgan fingerprint density at radius 2 is 2.11 bits per heavy atom. The number of primary amides is 1. The number of rotatable bonds is 7. The van der Waals surface area contributed by atoms with Crippen LogP contribution in [0.25, 0.3) is 0 Å². The Bertz CT molecular complexity index is 439. The molecule has 1 rings (SSSR count). The number of ketones is 1. The zero-order valence-electron chi connectivity index (χ0n) is 9.70. The minimum Gasteiger partial charge on any atom is -0.370 e. The van der Waals surface area contributed by atoms with Gasteiger partial charge in [0, 0.05) is 18.1 Å². The third-order valence-corrected chi connectivity index (χ3v) is 3.04. The number of nitrogens with zero attached hydrogens (tertiary/aromatic N) is 2. The fraction of sp³-hybridized carbons (Fsp3) is 0.400. The number of aliphatic imine (C=N–C) groups is 1. The molecule has 1 heterocycles. The molecule has 1 unspecified atom stereocenters. The van der Waals surface area contributed by atoms with Crippen molar-refractivity contribution in [2.45, 2.75) is 12.8 Å². The molecule has 98 valence electrons. The third kappa shape index (κ3) is 4.13. The maximum Gasteiger partial charge on any atom is 0.228 e. The molecule has 0 saturated carbocycles. The lowest BCUT2D eigenvalue weighted by Crippen LogP contribution is -2.30. The summed E-state index contributed by atoms with van der Waals surface area (Å²) >= 11 is 1.18. The van der Waals surface area contributed by atoms with Crippen molar-refractivity contribution in [3.63, 3.8) is 0 Å². The van der Waals surface area contributed by atoms with E-state index in [0.29, 0.717) is 24.4 Å². The highest BCUT2D eigenvalue weighted by Crippen LogP contribution is 2.16. The highest BCUT2D eigenvalue weighted by atomic mass is 32.1. The van der Waals surface area contributed by atoms with E-state index in [1.165, 1.54) is 17.5 Å². The second kappa shape index (κ2) is 6.70. The number of amides is 1. The Balaban J connectivity index is 2.58. The van der Waals surface area contributed by atoms with Crippen LogP contribution in [0.1, 0.15) is 22.6 Å². The molecule has 7 nitrogen and oxygen atoms in total. The van der Waals surface area contributed by atoms with E-state index < -0.39 is 11.8 Å². The zero-order chi connectivity index (χ0) is 13.5. The van der Waals surface area contributed by atoms with E-state index in [1.54, 1.807) is 5.38 Å². The van der Waals surface area contributed by atoms with Crippen molar-refractivity contribution in [1.82, 2.24) is 4.98 Å². The van der Waals surface area contributed by atoms with E-state index in [-0.39, 0.29) is 11.7 Å². The van der Waals surface area contributed by atoms with E-state index in [1.807, 2.05) is 0 Å². The smallest absolute Gasteiger partial charge is 0.228 e. The topological polar surface area (TPSA) is 137 Å². The second-order valence-corrected chi connectivity index (χ2v) is 4.50. The molecule has 1 atom stereocenters. The normalized spacial score (nSPS) is 11.8. The molecule has 6 N–H and O–H groups in total. The lowest BCUT2D eigenvalue weighted by molar-refractivity contribution is -0.120. The highest BCUT2D eigenvalue weighted by Gasteiger charge is 2.26. The van der Waals surface area contributed by atoms with Crippen molar-refractivity contribution in [1.29, 1.82) is 0 Å². The summed E-state index contributed by atoms with van der Waals surface area (Å²) in [7, 11) is 0. The minimum absolute atomic E-state index is 0.0168. The fourth-order valence-electron chi connectivity index (χ4n) is 1.40. The van der Waals surface area contributed by atoms with Gasteiger partial charge in [0.2, 0.25) is 11.7 Å². The number of nitrogens with two attached hydrogens (primary N) is 3. The Hall–Kier alpha value is -1.96. The summed E-state index contributed by atoms with van der Waals surface area (Å²) in [6.07, 6.45) is 2.32. The van der Waals surface area contributed by atoms with Gasteiger partial charge in [0.1, 0.15) is 5.92 Å². The lowest BCUT2D eigenvalue weighted by atomic mass is 9.98. The van der Waals surface area contributed by atoms with Crippen LogP contribution in [0.15, 0.2) is 16.6 Å². The predicted octanol–water partition coefficient (Wildman–Crippen LogP) is -0.519. The first-order valence-corrected chi connectivity index (χ1v) is 6.18. The fourth-order valence-corrected chi connectivity index (χ4v) is 2.03. The molecule has 0 aliphatic carbocycles. The van der Waals surface area contributed by atoms with Gasteiger partial charge < -0.3 is 17.2 Å². The number of hydrogen-bond donors (Lipinski definition) is 3. The van der Waals surface area contributed by atoms with Gasteiger partial charge in [0.05, 0.1) is 0 Å². The second-order valence-electron chi connectivity index (χ2n) is 3.61. The van der Waals surface area contributed by atoms with Crippen LogP contribution in [-0.4, -0.2) is 29.2 Å². The van der Waals surface area contributed by atoms with Crippen molar-refractivity contribution in [3.8, 4) is 0 Å². The number of guanidine groups is 1. The van der Waals surface area contributed by atoms with Crippen molar-refractivity contribution in [2.24, 2.45) is 28.1 Å². The first kappa shape index (κ1) is 14.1. The molecule has 0 spiro atoms. The molecule has 18 heavy (non-hydrogen) atoms. The van der Waals surface area contributed by atoms with Gasteiger partial charge in [-0.15, -0.1) is 11.3 Å². The maximum atomic E-state index is 11.9. The summed E-state index contributed by atoms with van der Waals surface area (Å²) in [6, 6.07) is 0. The number of Topliss-reactive ketones (excluding diaryl/α,β-unsaturated/α-hetero) is 1. The van der Waals surface area contributed by atoms with Crippen LogP contribution in [-0.2, 0) is 4.79 Å². The first-order chi connectivity index (χ1) is 8.52. The van der Waals surface area contributed by atoms with E-state index >= 15 is 0 Å². The molecule has 0 aliphatic heterocycles. The first-order valence-electron chi connectivity index (χ1n) is 5.30. The zero-order valence-corrected chi connectivity index (χ0v) is 10.5. The van der Waals surface area contributed by atoms with Crippen LogP contribution in [0.2, 0.25) is 0 Å². The summed E-state index contributed by atoms with van der Waals surface area (Å²) in [5, 5.41) is 1.96. The molecular weight excluding hydrogens is 254 g/mol. The van der Waals surface area contributed by atoms with Crippen LogP contribution in [0.5, 0.6) is 0 Å². The van der Waals surface area contributed by atoms with E-state index in [9.17, 15) is 9.59 Å². The van der Waals surface area contributed by atoms with Crippen LogP contribution >= 0.6 is 11.3 Å². The van der Waals surface area contributed by atoms with Crippen molar-refractivity contribution >= 4 is 29.0 Å². The Morgan fingerprint density at radius 3 is 2.61 bits per heavy atom. The van der Waals surface area contributed by atoms with Gasteiger partial charge in [-0.25, -0.2) is 4.98 Å². The molecule has 0 radical (unpaired) electrons. The third-order valence-electron chi connectivity index (χ3n) is 2.25. The molecule has 0 aromatic carbocycles. The molecule has 1 aromatic rings. The molecule has 1 amide bonds. The van der Waals surface area contributed by atoms with E-state index in [2.05, 4.69) is 9.98 Å². The minimum atomic E-state index is -0.870. The SMILES string of the molecule is NC(=O)C(CCCN=C(N)N)C(=O)c1nccs1. The van der Waals surface area contributed by atoms with Crippen LogP contribution in [0.3, 0.4) is 0 Å². The van der Waals surface area contributed by atoms with Crippen LogP contribution < -0.4 is 17.2 Å². The van der Waals surface area contributed by atoms with Gasteiger partial charge in [0.25, 0.3) is 0 Å². The van der Waals surface area contributed by atoms with Crippen LogP contribution in [0, 0.1) is 5.92 Å². The quantitative estimate of drug-likeness (QED) is 0.201. The standard InChI is InChI=1S/C10H15N5O2S/c11-8(17)6(2-1-3-15-10(12)13)7(16)9-14-4-5-18-9/h4-6H,1-3H2,(H2,11,17)(H4,12,13,15). The molecule has 1 aromatic heterocycles. The predicted molar refractivity (Wildman–Crippen MR) is 69.0 cm³/mol. The number of aromatic nitrogens is 1. The van der Waals surface area contributed by atoms with Crippen LogP contribution in [0.4, 0.5) is 0 Å². The number of carbonyl (C=O) groups is 2. The summed E-state index contributed by atoms with van der Waals surface area (Å²) in [6.45, 7) is 0.358. The molecule has 8 heteroatoms. The lowest BCUT2D eigenvalue weighted by Gasteiger charge is -2.09. The highest BCUT2D eigenvalue weighted by molar-refractivity contribution is 7.11. The van der Waals surface area contributed by atoms with Gasteiger partial charge in [-0.3, -0.25) is 14.6 Å². The monoisotopic (exact) mass is 269 g/mol. The Labute approximate surface area is 108 Å². The summed E-state index contributed by atoms with van der Waals surface area (Å²) in [5.41, 5.74) is 15.6. The maximum absolute atomic E-state index is 11.9. The van der Waals surface area contributed by atoms with Crippen molar-refractivity contribution < 1.29 is 9.59 Å². The summed E-state index contributed by atoms with van der Waals surface area (Å²) in [5.74, 6) is -1.88. The van der Waals surface area contributed by atoms with E-state index in [4.69, 9.17) is 17.2 Å². The van der Waals surface area contributed by atoms with Gasteiger partial charge in [-0.05, 0) is 12.8 Å². The number of thiazole rings is 1. The Morgan fingerprint density at radius 1 is 1.39 bits per heavy atom. The van der Waals surface area contributed by atoms with Gasteiger partial charge in [0.15, 0.2) is 11.0 Å². The summed E-state index contributed by atoms with van der Waals surface area (Å²) < 4.78 is 0. The number of carbonyl (C=O) groups excluding carboxylic acids is 2. The molecular formula is C10H15N5O2S. The largest absolute Gasteiger partial charge is 0.370 e. The van der Waals surface area contributed by atoms with Gasteiger partial charge >= 0.3 is 0 Å². The van der Waals surface area contributed by atoms with Crippen molar-refractivity contribution in [3.05, 3.63) is 16.6 Å². The molecule has 0 fully saturated rings. The Kier molecular flexibility index (Phi) is 5.25. The number of hydrogen-bond acceptors (Lipinski definition) is 5. The average molecular weight is 269 g/mol. The molecule has 0 saturated heterocycles. The van der Waals surface area contributed by atoms with Gasteiger partial charge in [-0.1, -0.05) is 0 Å². The van der Waals surface area contributed by atoms with Crippen molar-refractivity contribution in [2.75, 3.05) is 6.54 Å².